The van der Waals surface area contributed by atoms with Crippen LogP contribution in [0, 0.1) is 11.8 Å². The number of nitrogens with zero attached hydrogens (tertiary/aromatic N) is 2. The van der Waals surface area contributed by atoms with Crippen LogP contribution >= 0.6 is 11.3 Å². The van der Waals surface area contributed by atoms with Gasteiger partial charge in [0, 0.05) is 6.20 Å². The van der Waals surface area contributed by atoms with Gasteiger partial charge in [-0.2, -0.15) is 0 Å². The molecule has 0 atom stereocenters. The third-order valence-corrected chi connectivity index (χ3v) is 2.91. The van der Waals surface area contributed by atoms with Gasteiger partial charge in [-0.05, 0) is 6.07 Å². The number of thiazole rings is 1. The van der Waals surface area contributed by atoms with Crippen LogP contribution in [0.1, 0.15) is 15.2 Å². The van der Waals surface area contributed by atoms with Crippen LogP contribution < -0.4 is 11.1 Å². The van der Waals surface area contributed by atoms with Crippen molar-refractivity contribution in [3.05, 3.63) is 35.1 Å². The van der Waals surface area contributed by atoms with Crippen molar-refractivity contribution in [3.63, 3.8) is 0 Å². The summed E-state index contributed by atoms with van der Waals surface area (Å²) in [4.78, 5) is 20.3. The molecule has 0 aromatic carbocycles. The van der Waals surface area contributed by atoms with Crippen molar-refractivity contribution in [2.24, 2.45) is 5.73 Å². The molecule has 0 aliphatic heterocycles. The lowest BCUT2D eigenvalue weighted by molar-refractivity contribution is 0.102. The Morgan fingerprint density at radius 3 is 3.11 bits per heavy atom. The lowest BCUT2D eigenvalue weighted by Crippen LogP contribution is -2.11. The van der Waals surface area contributed by atoms with E-state index in [9.17, 15) is 9.90 Å². The van der Waals surface area contributed by atoms with Crippen LogP contribution in [-0.4, -0.2) is 27.5 Å². The number of carbonyl (C=O) groups is 1. The average Bonchev–Trinajstić information content (AvgIpc) is 2.84. The van der Waals surface area contributed by atoms with Gasteiger partial charge in [0.15, 0.2) is 5.13 Å². The van der Waals surface area contributed by atoms with E-state index >= 15 is 0 Å². The molecule has 2 aromatic heterocycles. The van der Waals surface area contributed by atoms with Gasteiger partial charge in [-0.25, -0.2) is 4.98 Å². The molecular formula is C12H10N4O2S. The van der Waals surface area contributed by atoms with Gasteiger partial charge in [-0.15, -0.1) is 0 Å². The van der Waals surface area contributed by atoms with Crippen molar-refractivity contribution in [2.45, 2.75) is 0 Å². The summed E-state index contributed by atoms with van der Waals surface area (Å²) in [6.45, 7) is 0.268. The molecule has 0 saturated heterocycles. The Balaban J connectivity index is 2.11. The van der Waals surface area contributed by atoms with Gasteiger partial charge >= 0.3 is 0 Å². The van der Waals surface area contributed by atoms with E-state index in [1.807, 2.05) is 0 Å². The Morgan fingerprint density at radius 1 is 1.53 bits per heavy atom. The van der Waals surface area contributed by atoms with Crippen molar-refractivity contribution in [1.29, 1.82) is 0 Å². The van der Waals surface area contributed by atoms with E-state index in [4.69, 9.17) is 5.73 Å². The maximum atomic E-state index is 11.9. The van der Waals surface area contributed by atoms with Crippen molar-refractivity contribution in [3.8, 4) is 17.6 Å². The van der Waals surface area contributed by atoms with E-state index in [0.717, 1.165) is 0 Å². The molecule has 0 fully saturated rings. The maximum Gasteiger partial charge on any atom is 0.261 e. The van der Waals surface area contributed by atoms with Crippen LogP contribution in [0.4, 0.5) is 5.13 Å². The van der Waals surface area contributed by atoms with Gasteiger partial charge in [0.25, 0.3) is 5.91 Å². The van der Waals surface area contributed by atoms with Gasteiger partial charge in [0.2, 0.25) is 0 Å². The molecule has 6 nitrogen and oxygen atoms in total. The number of nitrogens with two attached hydrogens (primary N) is 1. The highest BCUT2D eigenvalue weighted by molar-refractivity contribution is 7.16. The second-order valence-electron chi connectivity index (χ2n) is 3.38. The summed E-state index contributed by atoms with van der Waals surface area (Å²) in [6.07, 6.45) is 4.18. The Kier molecular flexibility index (Phi) is 4.07. The Bertz CT molecular complexity index is 657. The van der Waals surface area contributed by atoms with E-state index < -0.39 is 5.91 Å². The number of aromatic hydroxyl groups is 1. The topological polar surface area (TPSA) is 101 Å². The summed E-state index contributed by atoms with van der Waals surface area (Å²) in [5, 5.41) is 12.5. The molecule has 0 spiro atoms. The first kappa shape index (κ1) is 13.0. The van der Waals surface area contributed by atoms with E-state index in [1.165, 1.54) is 29.8 Å². The largest absolute Gasteiger partial charge is 0.505 e. The van der Waals surface area contributed by atoms with E-state index in [1.54, 1.807) is 6.20 Å². The summed E-state index contributed by atoms with van der Waals surface area (Å²) >= 11 is 1.23. The minimum atomic E-state index is -0.451. The standard InChI is InChI=1S/C12H10N4O2S/c13-4-1-2-8-6-15-12(19-8)16-11(18)9-3-5-14-7-10(9)17/h3,5-7,17H,4,13H2,(H,15,16,18). The zero-order valence-electron chi connectivity index (χ0n) is 9.75. The fourth-order valence-electron chi connectivity index (χ4n) is 1.27. The van der Waals surface area contributed by atoms with Gasteiger partial charge < -0.3 is 10.8 Å². The maximum absolute atomic E-state index is 11.9. The van der Waals surface area contributed by atoms with Crippen molar-refractivity contribution < 1.29 is 9.90 Å². The molecule has 0 saturated carbocycles. The van der Waals surface area contributed by atoms with Crippen molar-refractivity contribution in [1.82, 2.24) is 9.97 Å². The summed E-state index contributed by atoms with van der Waals surface area (Å²) in [6, 6.07) is 1.42. The monoisotopic (exact) mass is 274 g/mol. The molecule has 2 rings (SSSR count). The number of hydrogen-bond donors (Lipinski definition) is 3. The van der Waals surface area contributed by atoms with Gasteiger partial charge in [0.1, 0.15) is 5.75 Å². The summed E-state index contributed by atoms with van der Waals surface area (Å²) in [5.74, 6) is 4.89. The highest BCUT2D eigenvalue weighted by atomic mass is 32.1. The average molecular weight is 274 g/mol. The first-order valence-corrected chi connectivity index (χ1v) is 6.11. The third-order valence-electron chi connectivity index (χ3n) is 2.08. The minimum absolute atomic E-state index is 0.139. The highest BCUT2D eigenvalue weighted by Gasteiger charge is 2.12. The molecule has 0 radical (unpaired) electrons. The second-order valence-corrected chi connectivity index (χ2v) is 4.41. The molecule has 96 valence electrons. The summed E-state index contributed by atoms with van der Waals surface area (Å²) in [7, 11) is 0. The van der Waals surface area contributed by atoms with Crippen LogP contribution in [0.2, 0.25) is 0 Å². The van der Waals surface area contributed by atoms with E-state index in [2.05, 4.69) is 27.1 Å². The first-order chi connectivity index (χ1) is 9.20. The molecule has 4 N–H and O–H groups in total. The van der Waals surface area contributed by atoms with Gasteiger partial charge in [-0.3, -0.25) is 15.1 Å². The second kappa shape index (κ2) is 5.95. The predicted molar refractivity (Wildman–Crippen MR) is 71.9 cm³/mol. The number of amides is 1. The van der Waals surface area contributed by atoms with Gasteiger partial charge in [-0.1, -0.05) is 23.2 Å². The van der Waals surface area contributed by atoms with E-state index in [0.29, 0.717) is 10.0 Å². The Morgan fingerprint density at radius 2 is 2.37 bits per heavy atom. The van der Waals surface area contributed by atoms with Gasteiger partial charge in [0.05, 0.1) is 29.4 Å². The number of aromatic nitrogens is 2. The Hall–Kier alpha value is -2.43. The summed E-state index contributed by atoms with van der Waals surface area (Å²) < 4.78 is 0. The van der Waals surface area contributed by atoms with Crippen LogP contribution in [-0.2, 0) is 0 Å². The zero-order valence-corrected chi connectivity index (χ0v) is 10.6. The number of pyridine rings is 1. The number of anilines is 1. The number of rotatable bonds is 2. The fourth-order valence-corrected chi connectivity index (χ4v) is 1.96. The molecule has 0 bridgehead atoms. The lowest BCUT2D eigenvalue weighted by atomic mass is 10.2. The molecule has 19 heavy (non-hydrogen) atoms. The molecule has 0 unspecified atom stereocenters. The van der Waals surface area contributed by atoms with Crippen LogP contribution in [0.25, 0.3) is 0 Å². The molecule has 0 aliphatic rings. The van der Waals surface area contributed by atoms with Crippen molar-refractivity contribution in [2.75, 3.05) is 11.9 Å². The zero-order chi connectivity index (χ0) is 13.7. The quantitative estimate of drug-likeness (QED) is 0.703. The summed E-state index contributed by atoms with van der Waals surface area (Å²) in [5.41, 5.74) is 5.40. The van der Waals surface area contributed by atoms with Crippen LogP contribution in [0.5, 0.6) is 5.75 Å². The molecular weight excluding hydrogens is 264 g/mol. The van der Waals surface area contributed by atoms with Crippen LogP contribution in [0.15, 0.2) is 24.7 Å². The smallest absolute Gasteiger partial charge is 0.261 e. The van der Waals surface area contributed by atoms with Crippen LogP contribution in [0.3, 0.4) is 0 Å². The molecule has 2 aromatic rings. The normalized spacial score (nSPS) is 9.53. The Labute approximate surface area is 113 Å². The minimum Gasteiger partial charge on any atom is -0.505 e. The number of hydrogen-bond acceptors (Lipinski definition) is 6. The van der Waals surface area contributed by atoms with E-state index in [-0.39, 0.29) is 17.9 Å². The highest BCUT2D eigenvalue weighted by Crippen LogP contribution is 2.20. The molecule has 1 amide bonds. The predicted octanol–water partition coefficient (Wildman–Crippen LogP) is 0.806. The molecule has 7 heteroatoms. The lowest BCUT2D eigenvalue weighted by Gasteiger charge is -2.02. The number of carbonyl (C=O) groups excluding carboxylic acids is 1. The van der Waals surface area contributed by atoms with Crippen molar-refractivity contribution >= 4 is 22.4 Å². The first-order valence-electron chi connectivity index (χ1n) is 5.30. The number of nitrogens with one attached hydrogen (secondary N) is 1. The third kappa shape index (κ3) is 3.28. The molecule has 0 aliphatic carbocycles. The molecule has 2 heterocycles. The SMILES string of the molecule is NCC#Cc1cnc(NC(=O)c2ccncc2O)s1. The fraction of sp³-hybridized carbons (Fsp3) is 0.0833.